The van der Waals surface area contributed by atoms with Gasteiger partial charge in [0, 0.05) is 19.3 Å². The van der Waals surface area contributed by atoms with Gasteiger partial charge < -0.3 is 24.1 Å². The van der Waals surface area contributed by atoms with Crippen LogP contribution in [0.25, 0.3) is 0 Å². The van der Waals surface area contributed by atoms with Crippen molar-refractivity contribution in [3.8, 4) is 0 Å². The second-order valence-corrected chi connectivity index (χ2v) is 7.98. The molecule has 3 aliphatic carbocycles. The van der Waals surface area contributed by atoms with Gasteiger partial charge in [0.05, 0.1) is 11.0 Å². The molecular formula is C19H20O7. The molecule has 1 aromatic carbocycles. The maximum absolute atomic E-state index is 12.4. The molecule has 6 unspecified atom stereocenters. The highest BCUT2D eigenvalue weighted by Crippen LogP contribution is 2.81. The largest absolute Gasteiger partial charge is 0.461 e. The predicted octanol–water partition coefficient (Wildman–Crippen LogP) is 1.39. The average Bonchev–Trinajstić information content (AvgIpc) is 2.78. The van der Waals surface area contributed by atoms with Crippen molar-refractivity contribution in [1.29, 1.82) is 0 Å². The van der Waals surface area contributed by atoms with Gasteiger partial charge in [-0.2, -0.15) is 0 Å². The van der Waals surface area contributed by atoms with Gasteiger partial charge in [-0.15, -0.1) is 0 Å². The summed E-state index contributed by atoms with van der Waals surface area (Å²) in [5, 5.41) is 11.3. The molecule has 3 aliphatic heterocycles. The lowest BCUT2D eigenvalue weighted by atomic mass is 9.41. The van der Waals surface area contributed by atoms with E-state index >= 15 is 0 Å². The highest BCUT2D eigenvalue weighted by molar-refractivity contribution is 5.89. The second kappa shape index (κ2) is 4.65. The first-order chi connectivity index (χ1) is 12.3. The van der Waals surface area contributed by atoms with E-state index in [1.54, 1.807) is 31.2 Å². The van der Waals surface area contributed by atoms with Gasteiger partial charge in [0.2, 0.25) is 5.79 Å². The molecule has 6 atom stereocenters. The van der Waals surface area contributed by atoms with E-state index in [-0.39, 0.29) is 18.9 Å². The fourth-order valence-corrected chi connectivity index (χ4v) is 5.60. The molecule has 6 bridgehead atoms. The Morgan fingerprint density at radius 3 is 2.69 bits per heavy atom. The monoisotopic (exact) mass is 360 g/mol. The first-order valence-electron chi connectivity index (χ1n) is 8.76. The Morgan fingerprint density at radius 1 is 1.27 bits per heavy atom. The van der Waals surface area contributed by atoms with E-state index < -0.39 is 40.6 Å². The van der Waals surface area contributed by atoms with Crippen LogP contribution in [0.2, 0.25) is 0 Å². The fraction of sp³-hybridized carbons (Fsp3) is 0.579. The molecule has 7 nitrogen and oxygen atoms in total. The van der Waals surface area contributed by atoms with Crippen LogP contribution in [0.5, 0.6) is 0 Å². The van der Waals surface area contributed by atoms with Crippen molar-refractivity contribution in [2.45, 2.75) is 50.0 Å². The van der Waals surface area contributed by atoms with E-state index in [0.717, 1.165) is 0 Å². The third kappa shape index (κ3) is 1.60. The predicted molar refractivity (Wildman–Crippen MR) is 85.7 cm³/mol. The summed E-state index contributed by atoms with van der Waals surface area (Å²) in [5.74, 6) is -2.30. The number of benzene rings is 1. The van der Waals surface area contributed by atoms with Crippen LogP contribution < -0.4 is 0 Å². The highest BCUT2D eigenvalue weighted by atomic mass is 16.8. The topological polar surface area (TPSA) is 91.3 Å². The Hall–Kier alpha value is -1.96. The minimum absolute atomic E-state index is 0.0504. The van der Waals surface area contributed by atoms with E-state index in [4.69, 9.17) is 18.9 Å². The molecule has 1 aromatic rings. The summed E-state index contributed by atoms with van der Waals surface area (Å²) in [6.07, 6.45) is -0.116. The molecule has 0 radical (unpaired) electrons. The number of aliphatic hydroxyl groups is 1. The summed E-state index contributed by atoms with van der Waals surface area (Å²) in [6, 6.07) is 8.67. The van der Waals surface area contributed by atoms with Crippen molar-refractivity contribution < 1.29 is 33.6 Å². The van der Waals surface area contributed by atoms with Crippen LogP contribution in [0.4, 0.5) is 0 Å². The minimum Gasteiger partial charge on any atom is -0.461 e. The van der Waals surface area contributed by atoms with Gasteiger partial charge in [0.25, 0.3) is 0 Å². The quantitative estimate of drug-likeness (QED) is 0.811. The summed E-state index contributed by atoms with van der Waals surface area (Å²) >= 11 is 0. The number of carbonyl (C=O) groups is 2. The number of rotatable bonds is 4. The zero-order valence-electron chi connectivity index (χ0n) is 14.6. The molecule has 0 aromatic heterocycles. The number of esters is 2. The third-order valence-corrected chi connectivity index (χ3v) is 6.74. The summed E-state index contributed by atoms with van der Waals surface area (Å²) in [4.78, 5) is 24.0. The van der Waals surface area contributed by atoms with E-state index in [0.29, 0.717) is 12.0 Å². The van der Waals surface area contributed by atoms with Crippen LogP contribution >= 0.6 is 0 Å². The Kier molecular flexibility index (Phi) is 2.91. The molecule has 7 heteroatoms. The molecule has 3 heterocycles. The van der Waals surface area contributed by atoms with E-state index in [1.807, 2.05) is 6.07 Å². The molecule has 6 aliphatic rings. The molecule has 3 saturated heterocycles. The smallest absolute Gasteiger partial charge is 0.338 e. The number of carbonyl (C=O) groups excluding carboxylic acids is 2. The molecule has 138 valence electrons. The van der Waals surface area contributed by atoms with Gasteiger partial charge in [-0.3, -0.25) is 4.79 Å². The van der Waals surface area contributed by atoms with Gasteiger partial charge in [-0.25, -0.2) is 4.79 Å². The molecule has 3 saturated carbocycles. The average molecular weight is 360 g/mol. The SMILES string of the molecule is CC(=O)OC12CC3(C)OC(O1)C1(COC(=O)c4ccccc4)C2CC31O. The Morgan fingerprint density at radius 2 is 2.00 bits per heavy atom. The summed E-state index contributed by atoms with van der Waals surface area (Å²) in [6.45, 7) is 3.09. The number of hydrogen-bond acceptors (Lipinski definition) is 7. The number of hydrogen-bond donors (Lipinski definition) is 1. The summed E-state index contributed by atoms with van der Waals surface area (Å²) in [7, 11) is 0. The van der Waals surface area contributed by atoms with Crippen molar-refractivity contribution in [3.63, 3.8) is 0 Å². The molecule has 0 amide bonds. The summed E-state index contributed by atoms with van der Waals surface area (Å²) < 4.78 is 23.0. The molecule has 26 heavy (non-hydrogen) atoms. The van der Waals surface area contributed by atoms with Crippen molar-refractivity contribution >= 4 is 11.9 Å². The van der Waals surface area contributed by atoms with Crippen molar-refractivity contribution in [3.05, 3.63) is 35.9 Å². The van der Waals surface area contributed by atoms with Gasteiger partial charge in [-0.05, 0) is 25.5 Å². The molecule has 0 spiro atoms. The van der Waals surface area contributed by atoms with E-state index in [1.165, 1.54) is 6.92 Å². The molecular weight excluding hydrogens is 340 g/mol. The first kappa shape index (κ1) is 16.2. The van der Waals surface area contributed by atoms with Crippen LogP contribution in [-0.2, 0) is 23.7 Å². The summed E-state index contributed by atoms with van der Waals surface area (Å²) in [5.41, 5.74) is -2.56. The Labute approximate surface area is 150 Å². The van der Waals surface area contributed by atoms with Gasteiger partial charge in [0.15, 0.2) is 6.29 Å². The lowest BCUT2D eigenvalue weighted by Crippen LogP contribution is -2.79. The van der Waals surface area contributed by atoms with Crippen LogP contribution in [0.15, 0.2) is 30.3 Å². The van der Waals surface area contributed by atoms with E-state index in [2.05, 4.69) is 0 Å². The molecule has 6 fully saturated rings. The minimum atomic E-state index is -1.17. The van der Waals surface area contributed by atoms with Crippen molar-refractivity contribution in [1.82, 2.24) is 0 Å². The zero-order valence-corrected chi connectivity index (χ0v) is 14.6. The molecule has 7 rings (SSSR count). The van der Waals surface area contributed by atoms with Gasteiger partial charge >= 0.3 is 11.9 Å². The second-order valence-electron chi connectivity index (χ2n) is 7.98. The maximum Gasteiger partial charge on any atom is 0.338 e. The van der Waals surface area contributed by atoms with Crippen LogP contribution in [0.1, 0.15) is 37.0 Å². The third-order valence-electron chi connectivity index (χ3n) is 6.74. The highest BCUT2D eigenvalue weighted by Gasteiger charge is 2.94. The Bertz CT molecular complexity index is 809. The van der Waals surface area contributed by atoms with E-state index in [9.17, 15) is 14.7 Å². The Balaban J connectivity index is 1.45. The van der Waals surface area contributed by atoms with Gasteiger partial charge in [0.1, 0.15) is 17.8 Å². The van der Waals surface area contributed by atoms with Crippen LogP contribution in [0, 0.1) is 11.3 Å². The normalized spacial score (nSPS) is 46.7. The van der Waals surface area contributed by atoms with Crippen LogP contribution in [-0.4, -0.2) is 46.9 Å². The van der Waals surface area contributed by atoms with Gasteiger partial charge in [-0.1, -0.05) is 18.2 Å². The lowest BCUT2D eigenvalue weighted by Gasteiger charge is -2.65. The maximum atomic E-state index is 12.4. The first-order valence-corrected chi connectivity index (χ1v) is 8.76. The lowest BCUT2D eigenvalue weighted by molar-refractivity contribution is -0.384. The fourth-order valence-electron chi connectivity index (χ4n) is 5.60. The zero-order chi connectivity index (χ0) is 18.4. The standard InChI is InChI=1S/C19H20O7/c1-11(20)24-18-9-16(2)19(22)8-13(18)17(19,15(25-16)26-18)10-23-14(21)12-6-4-3-5-7-12/h3-7,13,15,22H,8-10H2,1-2H3. The van der Waals surface area contributed by atoms with Crippen LogP contribution in [0.3, 0.4) is 0 Å². The van der Waals surface area contributed by atoms with Crippen molar-refractivity contribution in [2.24, 2.45) is 11.3 Å². The number of ether oxygens (including phenoxy) is 4. The molecule has 1 N–H and O–H groups in total. The van der Waals surface area contributed by atoms with Crippen molar-refractivity contribution in [2.75, 3.05) is 6.61 Å².